The molecular weight excluding hydrogens is 338 g/mol. The summed E-state index contributed by atoms with van der Waals surface area (Å²) in [4.78, 5) is 11.8. The minimum Gasteiger partial charge on any atom is -0.274 e. The second kappa shape index (κ2) is 15.6. The first kappa shape index (κ1) is 24.4. The summed E-state index contributed by atoms with van der Waals surface area (Å²) in [6.07, 6.45) is 16.4. The first-order valence-corrected chi connectivity index (χ1v) is 11.5. The maximum atomic E-state index is 11.8. The predicted octanol–water partition coefficient (Wildman–Crippen LogP) is 5.21. The SMILES string of the molecule is CCCCCCCCCCCCCCCC(=O)N(C)S(=O)(=O)OCC. The van der Waals surface area contributed by atoms with Crippen molar-refractivity contribution in [1.82, 2.24) is 4.31 Å². The van der Waals surface area contributed by atoms with Gasteiger partial charge in [-0.25, -0.2) is 4.31 Å². The Morgan fingerprint density at radius 1 is 0.760 bits per heavy atom. The lowest BCUT2D eigenvalue weighted by Gasteiger charge is -2.16. The molecule has 0 saturated carbocycles. The molecule has 0 N–H and O–H groups in total. The summed E-state index contributed by atoms with van der Waals surface area (Å²) in [5, 5.41) is 0. The zero-order valence-electron chi connectivity index (χ0n) is 16.6. The van der Waals surface area contributed by atoms with Crippen LogP contribution in [-0.4, -0.2) is 32.3 Å². The van der Waals surface area contributed by atoms with Crippen LogP contribution in [0.25, 0.3) is 0 Å². The van der Waals surface area contributed by atoms with E-state index in [-0.39, 0.29) is 13.0 Å². The van der Waals surface area contributed by atoms with E-state index in [2.05, 4.69) is 11.1 Å². The van der Waals surface area contributed by atoms with Crippen LogP contribution in [0.15, 0.2) is 0 Å². The molecule has 150 valence electrons. The van der Waals surface area contributed by atoms with Crippen LogP contribution in [0.1, 0.15) is 104 Å². The number of carbonyl (C=O) groups excluding carboxylic acids is 1. The highest BCUT2D eigenvalue weighted by Gasteiger charge is 2.22. The Bertz CT molecular complexity index is 423. The summed E-state index contributed by atoms with van der Waals surface area (Å²) in [6, 6.07) is 0. The van der Waals surface area contributed by atoms with Crippen LogP contribution in [0.2, 0.25) is 0 Å². The van der Waals surface area contributed by atoms with Crippen molar-refractivity contribution in [2.75, 3.05) is 13.7 Å². The van der Waals surface area contributed by atoms with E-state index >= 15 is 0 Å². The minimum absolute atomic E-state index is 0.0404. The molecule has 0 aliphatic heterocycles. The number of carbonyl (C=O) groups is 1. The Labute approximate surface area is 155 Å². The van der Waals surface area contributed by atoms with Gasteiger partial charge in [-0.15, -0.1) is 0 Å². The number of hydrogen-bond donors (Lipinski definition) is 0. The van der Waals surface area contributed by atoms with E-state index in [1.165, 1.54) is 71.3 Å². The lowest BCUT2D eigenvalue weighted by atomic mass is 10.0. The van der Waals surface area contributed by atoms with Gasteiger partial charge >= 0.3 is 10.3 Å². The van der Waals surface area contributed by atoms with Gasteiger partial charge < -0.3 is 0 Å². The molecule has 0 spiro atoms. The molecule has 25 heavy (non-hydrogen) atoms. The molecule has 0 unspecified atom stereocenters. The zero-order chi connectivity index (χ0) is 19.0. The second-order valence-corrected chi connectivity index (χ2v) is 8.36. The zero-order valence-corrected chi connectivity index (χ0v) is 17.4. The molecule has 0 aliphatic rings. The number of hydrogen-bond acceptors (Lipinski definition) is 4. The van der Waals surface area contributed by atoms with Crippen molar-refractivity contribution in [3.05, 3.63) is 0 Å². The first-order valence-electron chi connectivity index (χ1n) is 10.1. The number of amides is 1. The molecule has 0 rings (SSSR count). The van der Waals surface area contributed by atoms with Gasteiger partial charge in [-0.05, 0) is 13.3 Å². The van der Waals surface area contributed by atoms with Crippen molar-refractivity contribution < 1.29 is 17.4 Å². The summed E-state index contributed by atoms with van der Waals surface area (Å²) in [5.74, 6) is -0.392. The first-order chi connectivity index (χ1) is 12.0. The smallest absolute Gasteiger partial charge is 0.274 e. The highest BCUT2D eigenvalue weighted by molar-refractivity contribution is 7.84. The molecule has 0 radical (unpaired) electrons. The fourth-order valence-electron chi connectivity index (χ4n) is 2.80. The molecule has 0 fully saturated rings. The maximum Gasteiger partial charge on any atom is 0.364 e. The summed E-state index contributed by atoms with van der Waals surface area (Å²) >= 11 is 0. The molecule has 0 heterocycles. The van der Waals surface area contributed by atoms with Crippen molar-refractivity contribution in [3.8, 4) is 0 Å². The molecule has 5 nitrogen and oxygen atoms in total. The molecule has 0 aromatic carbocycles. The quantitative estimate of drug-likeness (QED) is 0.326. The molecule has 0 atom stereocenters. The van der Waals surface area contributed by atoms with E-state index < -0.39 is 16.2 Å². The molecule has 0 bridgehead atoms. The van der Waals surface area contributed by atoms with Crippen LogP contribution in [-0.2, 0) is 19.3 Å². The molecule has 0 aromatic rings. The molecule has 0 aromatic heterocycles. The Morgan fingerprint density at radius 2 is 1.16 bits per heavy atom. The summed E-state index contributed by atoms with van der Waals surface area (Å²) < 4.78 is 28.5. The largest absolute Gasteiger partial charge is 0.364 e. The summed E-state index contributed by atoms with van der Waals surface area (Å²) in [6.45, 7) is 3.87. The molecule has 0 saturated heterocycles. The second-order valence-electron chi connectivity index (χ2n) is 6.72. The van der Waals surface area contributed by atoms with Gasteiger partial charge in [0.25, 0.3) is 0 Å². The number of nitrogens with zero attached hydrogens (tertiary/aromatic N) is 1. The lowest BCUT2D eigenvalue weighted by Crippen LogP contribution is -2.34. The Morgan fingerprint density at radius 3 is 1.56 bits per heavy atom. The van der Waals surface area contributed by atoms with Gasteiger partial charge in [0.15, 0.2) is 0 Å². The lowest BCUT2D eigenvalue weighted by molar-refractivity contribution is -0.126. The van der Waals surface area contributed by atoms with E-state index in [1.54, 1.807) is 6.92 Å². The Hall–Kier alpha value is -0.620. The topological polar surface area (TPSA) is 63.7 Å². The monoisotopic (exact) mass is 377 g/mol. The van der Waals surface area contributed by atoms with E-state index in [0.717, 1.165) is 23.6 Å². The van der Waals surface area contributed by atoms with Crippen LogP contribution in [0.3, 0.4) is 0 Å². The molecule has 1 amide bonds. The van der Waals surface area contributed by atoms with Crippen LogP contribution in [0.5, 0.6) is 0 Å². The Balaban J connectivity index is 3.48. The van der Waals surface area contributed by atoms with Crippen molar-refractivity contribution in [3.63, 3.8) is 0 Å². The van der Waals surface area contributed by atoms with Crippen molar-refractivity contribution in [2.45, 2.75) is 104 Å². The van der Waals surface area contributed by atoms with E-state index in [1.807, 2.05) is 0 Å². The van der Waals surface area contributed by atoms with Crippen LogP contribution >= 0.6 is 0 Å². The van der Waals surface area contributed by atoms with E-state index in [9.17, 15) is 13.2 Å². The standard InChI is InChI=1S/C19H39NO4S/c1-4-6-7-8-9-10-11-12-13-14-15-16-17-18-19(21)20(3)25(22,23)24-5-2/h4-18H2,1-3H3. The third-order valence-corrected chi connectivity index (χ3v) is 5.86. The number of unbranched alkanes of at least 4 members (excludes halogenated alkanes) is 12. The third kappa shape index (κ3) is 13.3. The molecule has 6 heteroatoms. The van der Waals surface area contributed by atoms with Gasteiger partial charge in [-0.3, -0.25) is 8.98 Å². The maximum absolute atomic E-state index is 11.8. The highest BCUT2D eigenvalue weighted by Crippen LogP contribution is 2.13. The predicted molar refractivity (Wildman–Crippen MR) is 104 cm³/mol. The van der Waals surface area contributed by atoms with Gasteiger partial charge in [0.1, 0.15) is 0 Å². The third-order valence-electron chi connectivity index (χ3n) is 4.45. The molecule has 0 aliphatic carbocycles. The Kier molecular flexibility index (Phi) is 15.2. The fourth-order valence-corrected chi connectivity index (χ4v) is 3.60. The fraction of sp³-hybridized carbons (Fsp3) is 0.947. The average molecular weight is 378 g/mol. The van der Waals surface area contributed by atoms with Crippen LogP contribution < -0.4 is 0 Å². The van der Waals surface area contributed by atoms with Gasteiger partial charge in [-0.1, -0.05) is 84.0 Å². The summed E-state index contributed by atoms with van der Waals surface area (Å²) in [7, 11) is -2.63. The van der Waals surface area contributed by atoms with Gasteiger partial charge in [-0.2, -0.15) is 8.42 Å². The minimum atomic E-state index is -3.89. The average Bonchev–Trinajstić information content (AvgIpc) is 2.58. The summed E-state index contributed by atoms with van der Waals surface area (Å²) in [5.41, 5.74) is 0. The van der Waals surface area contributed by atoms with E-state index in [0.29, 0.717) is 0 Å². The van der Waals surface area contributed by atoms with E-state index in [4.69, 9.17) is 0 Å². The van der Waals surface area contributed by atoms with Crippen molar-refractivity contribution >= 4 is 16.2 Å². The van der Waals surface area contributed by atoms with Gasteiger partial charge in [0.2, 0.25) is 5.91 Å². The van der Waals surface area contributed by atoms with Gasteiger partial charge in [0.05, 0.1) is 6.61 Å². The normalized spacial score (nSPS) is 11.6. The highest BCUT2D eigenvalue weighted by atomic mass is 32.2. The van der Waals surface area contributed by atoms with Crippen LogP contribution in [0, 0.1) is 0 Å². The van der Waals surface area contributed by atoms with Gasteiger partial charge in [0, 0.05) is 13.5 Å². The van der Waals surface area contributed by atoms with Crippen LogP contribution in [0.4, 0.5) is 0 Å². The molecular formula is C19H39NO4S. The number of rotatable bonds is 17. The van der Waals surface area contributed by atoms with Crippen molar-refractivity contribution in [1.29, 1.82) is 0 Å². The van der Waals surface area contributed by atoms with Crippen molar-refractivity contribution in [2.24, 2.45) is 0 Å².